The molecule has 1 heterocycles. The molecule has 1 atom stereocenters. The molecule has 0 saturated carbocycles. The van der Waals surface area contributed by atoms with Gasteiger partial charge in [-0.2, -0.15) is 0 Å². The molecule has 1 aliphatic rings. The van der Waals surface area contributed by atoms with Crippen molar-refractivity contribution >= 4 is 5.91 Å². The van der Waals surface area contributed by atoms with Crippen molar-refractivity contribution in [1.82, 2.24) is 4.90 Å². The number of likely N-dealkylation sites (tertiary alicyclic amines) is 1. The smallest absolute Gasteiger partial charge is 0.254 e. The molecular weight excluding hydrogens is 226 g/mol. The zero-order valence-electron chi connectivity index (χ0n) is 11.1. The first-order valence-corrected chi connectivity index (χ1v) is 6.70. The summed E-state index contributed by atoms with van der Waals surface area (Å²) < 4.78 is 0. The lowest BCUT2D eigenvalue weighted by Gasteiger charge is -2.27. The van der Waals surface area contributed by atoms with E-state index in [1.165, 1.54) is 12.8 Å². The average molecular weight is 247 g/mol. The normalized spacial score (nSPS) is 20.6. The molecule has 1 fully saturated rings. The zero-order chi connectivity index (χ0) is 13.1. The quantitative estimate of drug-likeness (QED) is 0.828. The summed E-state index contributed by atoms with van der Waals surface area (Å²) in [6.07, 6.45) is 4.60. The number of benzene rings is 1. The lowest BCUT2D eigenvalue weighted by molar-refractivity contribution is 0.0697. The molecule has 0 spiro atoms. The molecule has 1 aliphatic heterocycles. The third kappa shape index (κ3) is 2.66. The molecule has 1 aromatic rings. The molecule has 0 aromatic heterocycles. The minimum Gasteiger partial charge on any atom is -0.508 e. The number of rotatable bonds is 1. The van der Waals surface area contributed by atoms with Gasteiger partial charge in [0.15, 0.2) is 0 Å². The predicted octanol–water partition coefficient (Wildman–Crippen LogP) is 3.11. The van der Waals surface area contributed by atoms with Crippen LogP contribution in [0, 0.1) is 6.92 Å². The number of carbonyl (C=O) groups excluding carboxylic acids is 1. The number of hydrogen-bond donors (Lipinski definition) is 1. The van der Waals surface area contributed by atoms with Crippen LogP contribution in [-0.4, -0.2) is 28.5 Å². The Hall–Kier alpha value is -1.51. The van der Waals surface area contributed by atoms with Crippen LogP contribution in [-0.2, 0) is 0 Å². The van der Waals surface area contributed by atoms with Gasteiger partial charge in [0.2, 0.25) is 0 Å². The van der Waals surface area contributed by atoms with E-state index in [0.29, 0.717) is 11.6 Å². The minimum atomic E-state index is 0.0990. The minimum absolute atomic E-state index is 0.0990. The summed E-state index contributed by atoms with van der Waals surface area (Å²) in [5.74, 6) is 0.315. The second kappa shape index (κ2) is 5.42. The van der Waals surface area contributed by atoms with E-state index in [9.17, 15) is 9.90 Å². The summed E-state index contributed by atoms with van der Waals surface area (Å²) in [6, 6.07) is 5.27. The highest BCUT2D eigenvalue weighted by molar-refractivity contribution is 5.96. The van der Waals surface area contributed by atoms with E-state index in [1.807, 2.05) is 11.8 Å². The number of phenols is 1. The van der Waals surface area contributed by atoms with Crippen LogP contribution >= 0.6 is 0 Å². The molecule has 18 heavy (non-hydrogen) atoms. The first-order valence-electron chi connectivity index (χ1n) is 6.70. The van der Waals surface area contributed by atoms with Crippen LogP contribution in [0.2, 0.25) is 0 Å². The fraction of sp³-hybridized carbons (Fsp3) is 0.533. The summed E-state index contributed by atoms with van der Waals surface area (Å²) in [7, 11) is 0. The Balaban J connectivity index is 2.23. The number of phenolic OH excluding ortho intramolecular Hbond substituents is 1. The molecule has 3 heteroatoms. The second-order valence-corrected chi connectivity index (χ2v) is 5.20. The molecule has 3 nitrogen and oxygen atoms in total. The van der Waals surface area contributed by atoms with Crippen molar-refractivity contribution < 1.29 is 9.90 Å². The van der Waals surface area contributed by atoms with Gasteiger partial charge in [0.1, 0.15) is 5.75 Å². The monoisotopic (exact) mass is 247 g/mol. The Morgan fingerprint density at radius 1 is 1.33 bits per heavy atom. The molecule has 0 aliphatic carbocycles. The van der Waals surface area contributed by atoms with Crippen molar-refractivity contribution in [1.29, 1.82) is 0 Å². The fourth-order valence-electron chi connectivity index (χ4n) is 2.62. The highest BCUT2D eigenvalue weighted by Gasteiger charge is 2.23. The van der Waals surface area contributed by atoms with Crippen LogP contribution in [0.1, 0.15) is 48.5 Å². The average Bonchev–Trinajstić information content (AvgIpc) is 2.53. The fourth-order valence-corrected chi connectivity index (χ4v) is 2.62. The maximum atomic E-state index is 12.5. The number of aryl methyl sites for hydroxylation is 1. The van der Waals surface area contributed by atoms with Crippen LogP contribution in [0.4, 0.5) is 0 Å². The SMILES string of the molecule is Cc1cc(O)ccc1C(=O)N1CCCCCC1C. The molecule has 1 saturated heterocycles. The highest BCUT2D eigenvalue weighted by Crippen LogP contribution is 2.22. The number of carbonyl (C=O) groups is 1. The van der Waals surface area contributed by atoms with Crippen molar-refractivity contribution in [2.75, 3.05) is 6.54 Å². The van der Waals surface area contributed by atoms with E-state index in [4.69, 9.17) is 0 Å². The van der Waals surface area contributed by atoms with Gasteiger partial charge in [-0.1, -0.05) is 12.8 Å². The largest absolute Gasteiger partial charge is 0.508 e. The van der Waals surface area contributed by atoms with Gasteiger partial charge in [-0.15, -0.1) is 0 Å². The predicted molar refractivity (Wildman–Crippen MR) is 71.8 cm³/mol. The maximum Gasteiger partial charge on any atom is 0.254 e. The Kier molecular flexibility index (Phi) is 3.90. The number of amides is 1. The Morgan fingerprint density at radius 2 is 2.11 bits per heavy atom. The highest BCUT2D eigenvalue weighted by atomic mass is 16.3. The molecule has 2 rings (SSSR count). The topological polar surface area (TPSA) is 40.5 Å². The van der Waals surface area contributed by atoms with E-state index in [1.54, 1.807) is 18.2 Å². The van der Waals surface area contributed by atoms with E-state index < -0.39 is 0 Å². The van der Waals surface area contributed by atoms with Gasteiger partial charge in [-0.25, -0.2) is 0 Å². The van der Waals surface area contributed by atoms with Gasteiger partial charge in [0, 0.05) is 18.2 Å². The Labute approximate surface area is 108 Å². The zero-order valence-corrected chi connectivity index (χ0v) is 11.1. The summed E-state index contributed by atoms with van der Waals surface area (Å²) in [6.45, 7) is 4.84. The Morgan fingerprint density at radius 3 is 2.83 bits per heavy atom. The Bertz CT molecular complexity index is 442. The molecular formula is C15H21NO2. The van der Waals surface area contributed by atoms with E-state index >= 15 is 0 Å². The van der Waals surface area contributed by atoms with Crippen LogP contribution < -0.4 is 0 Å². The molecule has 1 amide bonds. The van der Waals surface area contributed by atoms with Crippen LogP contribution in [0.5, 0.6) is 5.75 Å². The maximum absolute atomic E-state index is 12.5. The third-order valence-electron chi connectivity index (χ3n) is 3.75. The van der Waals surface area contributed by atoms with Crippen molar-refractivity contribution in [3.05, 3.63) is 29.3 Å². The number of nitrogens with zero attached hydrogens (tertiary/aromatic N) is 1. The molecule has 1 unspecified atom stereocenters. The lowest BCUT2D eigenvalue weighted by Crippen LogP contribution is -2.38. The molecule has 98 valence electrons. The summed E-state index contributed by atoms with van der Waals surface area (Å²) in [4.78, 5) is 14.5. The summed E-state index contributed by atoms with van der Waals surface area (Å²) in [5.41, 5.74) is 1.55. The van der Waals surface area contributed by atoms with Crippen molar-refractivity contribution in [3.63, 3.8) is 0 Å². The van der Waals surface area contributed by atoms with Gasteiger partial charge in [0.25, 0.3) is 5.91 Å². The van der Waals surface area contributed by atoms with E-state index in [2.05, 4.69) is 6.92 Å². The molecule has 1 aromatic carbocycles. The van der Waals surface area contributed by atoms with Crippen LogP contribution in [0.3, 0.4) is 0 Å². The van der Waals surface area contributed by atoms with Crippen molar-refractivity contribution in [2.45, 2.75) is 45.6 Å². The molecule has 1 N–H and O–H groups in total. The molecule has 0 bridgehead atoms. The number of hydrogen-bond acceptors (Lipinski definition) is 2. The summed E-state index contributed by atoms with van der Waals surface area (Å²) >= 11 is 0. The van der Waals surface area contributed by atoms with Gasteiger partial charge < -0.3 is 10.0 Å². The van der Waals surface area contributed by atoms with Gasteiger partial charge in [-0.3, -0.25) is 4.79 Å². The van der Waals surface area contributed by atoms with Crippen LogP contribution in [0.25, 0.3) is 0 Å². The van der Waals surface area contributed by atoms with Gasteiger partial charge >= 0.3 is 0 Å². The van der Waals surface area contributed by atoms with E-state index in [-0.39, 0.29) is 11.7 Å². The first-order chi connectivity index (χ1) is 8.59. The van der Waals surface area contributed by atoms with Crippen molar-refractivity contribution in [2.24, 2.45) is 0 Å². The number of aromatic hydroxyl groups is 1. The van der Waals surface area contributed by atoms with E-state index in [0.717, 1.165) is 24.9 Å². The van der Waals surface area contributed by atoms with Gasteiger partial charge in [-0.05, 0) is 50.5 Å². The standard InChI is InChI=1S/C15H21NO2/c1-11-10-13(17)7-8-14(11)15(18)16-9-5-3-4-6-12(16)2/h7-8,10,12,17H,3-6,9H2,1-2H3. The molecule has 0 radical (unpaired) electrons. The second-order valence-electron chi connectivity index (χ2n) is 5.20. The van der Waals surface area contributed by atoms with Crippen molar-refractivity contribution in [3.8, 4) is 5.75 Å². The van der Waals surface area contributed by atoms with Crippen LogP contribution in [0.15, 0.2) is 18.2 Å². The summed E-state index contributed by atoms with van der Waals surface area (Å²) in [5, 5.41) is 9.40. The van der Waals surface area contributed by atoms with Gasteiger partial charge in [0.05, 0.1) is 0 Å². The first kappa shape index (κ1) is 12.9. The third-order valence-corrected chi connectivity index (χ3v) is 3.75. The lowest BCUT2D eigenvalue weighted by atomic mass is 10.1.